The predicted molar refractivity (Wildman–Crippen MR) is 122 cm³/mol. The fourth-order valence-electron chi connectivity index (χ4n) is 3.85. The van der Waals surface area contributed by atoms with Crippen LogP contribution in [0.15, 0.2) is 64.5 Å². The highest BCUT2D eigenvalue weighted by molar-refractivity contribution is 5.95. The van der Waals surface area contributed by atoms with Crippen LogP contribution in [-0.4, -0.2) is 66.0 Å². The summed E-state index contributed by atoms with van der Waals surface area (Å²) in [4.78, 5) is 27.5. The molecule has 6 N–H and O–H groups in total. The van der Waals surface area contributed by atoms with E-state index >= 15 is 0 Å². The van der Waals surface area contributed by atoms with Crippen LogP contribution < -0.4 is 21.3 Å². The zero-order chi connectivity index (χ0) is 24.2. The van der Waals surface area contributed by atoms with Crippen LogP contribution >= 0.6 is 0 Å². The molecule has 34 heavy (non-hydrogen) atoms. The quantitative estimate of drug-likeness (QED) is 0.310. The Kier molecular flexibility index (Phi) is 6.59. The van der Waals surface area contributed by atoms with E-state index in [2.05, 4.69) is 26.3 Å². The van der Waals surface area contributed by atoms with Crippen LogP contribution in [0.5, 0.6) is 0 Å². The monoisotopic (exact) mass is 470 g/mol. The van der Waals surface area contributed by atoms with Gasteiger partial charge in [-0.15, -0.1) is 0 Å². The topological polar surface area (TPSA) is 158 Å². The summed E-state index contributed by atoms with van der Waals surface area (Å²) < 4.78 is 12.4. The van der Waals surface area contributed by atoms with Crippen LogP contribution in [0.2, 0.25) is 0 Å². The molecule has 0 bridgehead atoms. The van der Waals surface area contributed by atoms with Crippen LogP contribution in [0.3, 0.4) is 0 Å². The van der Waals surface area contributed by atoms with E-state index in [0.717, 1.165) is 17.1 Å². The van der Waals surface area contributed by atoms with Crippen molar-refractivity contribution in [2.75, 3.05) is 26.1 Å². The number of rotatable bonds is 8. The van der Waals surface area contributed by atoms with E-state index in [-0.39, 0.29) is 11.9 Å². The minimum Gasteiger partial charge on any atom is -0.494 e. The van der Waals surface area contributed by atoms with Crippen molar-refractivity contribution in [3.63, 3.8) is 0 Å². The third-order valence-corrected chi connectivity index (χ3v) is 5.41. The standard InChI is InChI=1S/C22H26N6O6/c1-33-16-9-13(8-15(29)19(16)34-2)25-22-24-10-12-6-7-28(20(12)27-22)17-5-3-4-14(26-17)21(32)23-11-18(30)31/h3-7,9-10,15,17,22,25-27,29H,8,11H2,1-2H3,(H,23,32)(H,30,31). The summed E-state index contributed by atoms with van der Waals surface area (Å²) in [6.45, 7) is -0.465. The number of nitrogens with one attached hydrogen (secondary N) is 4. The van der Waals surface area contributed by atoms with Gasteiger partial charge in [0.05, 0.1) is 14.2 Å². The van der Waals surface area contributed by atoms with Gasteiger partial charge in [-0.05, 0) is 18.2 Å². The van der Waals surface area contributed by atoms with Crippen molar-refractivity contribution in [3.8, 4) is 0 Å². The van der Waals surface area contributed by atoms with Gasteiger partial charge in [-0.3, -0.25) is 9.59 Å². The predicted octanol–water partition coefficient (Wildman–Crippen LogP) is 0.101. The molecule has 0 fully saturated rings. The Morgan fingerprint density at radius 1 is 1.29 bits per heavy atom. The summed E-state index contributed by atoms with van der Waals surface area (Å²) in [6, 6.07) is 1.89. The molecule has 1 aromatic heterocycles. The molecule has 180 valence electrons. The van der Waals surface area contributed by atoms with E-state index < -0.39 is 30.8 Å². The molecule has 0 radical (unpaired) electrons. The van der Waals surface area contributed by atoms with Crippen LogP contribution in [0.4, 0.5) is 5.82 Å². The Morgan fingerprint density at radius 2 is 2.12 bits per heavy atom. The van der Waals surface area contributed by atoms with Gasteiger partial charge in [0.25, 0.3) is 5.91 Å². The summed E-state index contributed by atoms with van der Waals surface area (Å²) in [6.07, 6.45) is 9.10. The molecule has 3 unspecified atom stereocenters. The zero-order valence-corrected chi connectivity index (χ0v) is 18.6. The Balaban J connectivity index is 1.46. The normalized spacial score (nSPS) is 23.1. The van der Waals surface area contributed by atoms with Gasteiger partial charge in [0.2, 0.25) is 0 Å². The minimum atomic E-state index is -1.12. The number of ether oxygens (including phenoxy) is 2. The number of aliphatic imine (C=N–C) groups is 1. The molecule has 12 heteroatoms. The number of aliphatic carboxylic acids is 1. The maximum Gasteiger partial charge on any atom is 0.322 e. The number of carbonyl (C=O) groups is 2. The second kappa shape index (κ2) is 9.75. The molecular weight excluding hydrogens is 444 g/mol. The first-order valence-corrected chi connectivity index (χ1v) is 10.5. The lowest BCUT2D eigenvalue weighted by atomic mass is 10.0. The highest BCUT2D eigenvalue weighted by Crippen LogP contribution is 2.28. The second-order valence-electron chi connectivity index (χ2n) is 7.65. The number of carbonyl (C=O) groups excluding carboxylic acids is 1. The van der Waals surface area contributed by atoms with Crippen LogP contribution in [0.1, 0.15) is 18.2 Å². The van der Waals surface area contributed by atoms with Crippen LogP contribution in [-0.2, 0) is 19.1 Å². The number of fused-ring (bicyclic) bond motifs is 1. The fourth-order valence-corrected chi connectivity index (χ4v) is 3.85. The number of carboxylic acids is 1. The van der Waals surface area contributed by atoms with Crippen molar-refractivity contribution >= 4 is 23.9 Å². The third-order valence-electron chi connectivity index (χ3n) is 5.41. The van der Waals surface area contributed by atoms with Crippen molar-refractivity contribution in [1.82, 2.24) is 20.5 Å². The van der Waals surface area contributed by atoms with E-state index in [1.165, 1.54) is 14.2 Å². The molecule has 4 rings (SSSR count). The molecule has 0 aromatic carbocycles. The third kappa shape index (κ3) is 4.76. The van der Waals surface area contributed by atoms with Crippen molar-refractivity contribution in [2.24, 2.45) is 4.99 Å². The minimum absolute atomic E-state index is 0.254. The van der Waals surface area contributed by atoms with Crippen molar-refractivity contribution in [2.45, 2.75) is 25.0 Å². The molecule has 2 aliphatic heterocycles. The number of hydrogen-bond donors (Lipinski definition) is 6. The first-order valence-electron chi connectivity index (χ1n) is 10.5. The average molecular weight is 470 g/mol. The Bertz CT molecular complexity index is 1130. The molecule has 1 amide bonds. The van der Waals surface area contributed by atoms with E-state index in [1.54, 1.807) is 24.4 Å². The smallest absolute Gasteiger partial charge is 0.322 e. The fraction of sp³-hybridized carbons (Fsp3) is 0.318. The maximum atomic E-state index is 12.3. The summed E-state index contributed by atoms with van der Waals surface area (Å²) in [5.74, 6) is -0.0585. The summed E-state index contributed by atoms with van der Waals surface area (Å²) in [5.41, 5.74) is 1.83. The Hall–Kier alpha value is -4.19. The van der Waals surface area contributed by atoms with Gasteiger partial charge < -0.3 is 45.5 Å². The Labute approximate surface area is 195 Å². The molecule has 1 aromatic rings. The van der Waals surface area contributed by atoms with E-state index in [0.29, 0.717) is 17.9 Å². The number of allylic oxidation sites excluding steroid dienone is 3. The number of aromatic nitrogens is 1. The Morgan fingerprint density at radius 3 is 2.85 bits per heavy atom. The summed E-state index contributed by atoms with van der Waals surface area (Å²) in [5, 5.41) is 31.1. The van der Waals surface area contributed by atoms with Crippen LogP contribution in [0.25, 0.3) is 0 Å². The van der Waals surface area contributed by atoms with Gasteiger partial charge in [-0.25, -0.2) is 4.99 Å². The largest absolute Gasteiger partial charge is 0.494 e. The first-order chi connectivity index (χ1) is 16.4. The number of anilines is 1. The van der Waals surface area contributed by atoms with Gasteiger partial charge >= 0.3 is 5.97 Å². The number of amides is 1. The number of aliphatic hydroxyl groups excluding tert-OH is 1. The molecule has 12 nitrogen and oxygen atoms in total. The number of aliphatic hydroxyl groups is 1. The molecule has 0 saturated carbocycles. The van der Waals surface area contributed by atoms with Gasteiger partial charge in [0.15, 0.2) is 17.8 Å². The van der Waals surface area contributed by atoms with E-state index in [1.807, 2.05) is 22.9 Å². The molecule has 1 aliphatic carbocycles. The molecule has 3 atom stereocenters. The van der Waals surface area contributed by atoms with Gasteiger partial charge in [-0.2, -0.15) is 0 Å². The molecule has 0 saturated heterocycles. The van der Waals surface area contributed by atoms with Gasteiger partial charge in [-0.1, -0.05) is 6.08 Å². The highest BCUT2D eigenvalue weighted by atomic mass is 16.5. The number of methoxy groups -OCH3 is 2. The average Bonchev–Trinajstić information content (AvgIpc) is 3.25. The molecular formula is C22H26N6O6. The molecule has 3 heterocycles. The van der Waals surface area contributed by atoms with Crippen molar-refractivity contribution in [3.05, 3.63) is 65.0 Å². The van der Waals surface area contributed by atoms with Crippen LogP contribution in [0, 0.1) is 0 Å². The summed E-state index contributed by atoms with van der Waals surface area (Å²) >= 11 is 0. The number of carboxylic acid groups (broad SMARTS) is 1. The second-order valence-corrected chi connectivity index (χ2v) is 7.65. The van der Waals surface area contributed by atoms with E-state index in [9.17, 15) is 14.7 Å². The number of dihydropyridines is 1. The summed E-state index contributed by atoms with van der Waals surface area (Å²) in [7, 11) is 2.99. The van der Waals surface area contributed by atoms with E-state index in [4.69, 9.17) is 14.6 Å². The first kappa shape index (κ1) is 23.0. The maximum absolute atomic E-state index is 12.3. The lowest BCUT2D eigenvalue weighted by Crippen LogP contribution is -2.40. The van der Waals surface area contributed by atoms with Crippen molar-refractivity contribution < 1.29 is 29.3 Å². The van der Waals surface area contributed by atoms with Gasteiger partial charge in [0, 0.05) is 36.2 Å². The lowest BCUT2D eigenvalue weighted by molar-refractivity contribution is -0.137. The zero-order valence-electron chi connectivity index (χ0n) is 18.6. The number of hydrogen-bond acceptors (Lipinski definition) is 9. The molecule has 3 aliphatic rings. The number of nitrogens with zero attached hydrogens (tertiary/aromatic N) is 2. The SMILES string of the molecule is COC1=C(OC)C(O)CC(NC2N=Cc3ccn(C4C=CC=C(C(=O)NCC(=O)O)N4)c3N2)=C1. The highest BCUT2D eigenvalue weighted by Gasteiger charge is 2.27. The van der Waals surface area contributed by atoms with Crippen molar-refractivity contribution in [1.29, 1.82) is 0 Å². The van der Waals surface area contributed by atoms with Gasteiger partial charge in [0.1, 0.15) is 30.3 Å². The molecule has 0 spiro atoms. The lowest BCUT2D eigenvalue weighted by Gasteiger charge is -2.30.